The lowest BCUT2D eigenvalue weighted by Gasteiger charge is -2.22. The van der Waals surface area contributed by atoms with E-state index in [0.29, 0.717) is 28.9 Å². The van der Waals surface area contributed by atoms with Gasteiger partial charge in [-0.25, -0.2) is 9.37 Å². The fourth-order valence-corrected chi connectivity index (χ4v) is 4.65. The number of fused-ring (bicyclic) bond motifs is 4. The highest BCUT2D eigenvalue weighted by atomic mass is 19.1. The molecule has 5 nitrogen and oxygen atoms in total. The van der Waals surface area contributed by atoms with Gasteiger partial charge < -0.3 is 19.9 Å². The number of hydrogen-bond acceptors (Lipinski definition) is 4. The van der Waals surface area contributed by atoms with Gasteiger partial charge >= 0.3 is 0 Å². The number of benzene rings is 1. The number of aliphatic hydroxyl groups excluding tert-OH is 2. The zero-order valence-corrected chi connectivity index (χ0v) is 14.4. The first-order valence-electron chi connectivity index (χ1n) is 8.84. The van der Waals surface area contributed by atoms with Crippen LogP contribution in [0, 0.1) is 12.7 Å². The van der Waals surface area contributed by atoms with E-state index >= 15 is 0 Å². The van der Waals surface area contributed by atoms with Gasteiger partial charge in [0.15, 0.2) is 6.29 Å². The average Bonchev–Trinajstić information content (AvgIpc) is 3.16. The van der Waals surface area contributed by atoms with Crippen molar-refractivity contribution in [1.29, 1.82) is 0 Å². The summed E-state index contributed by atoms with van der Waals surface area (Å²) in [5, 5.41) is 30.0. The second-order valence-electron chi connectivity index (χ2n) is 7.18. The van der Waals surface area contributed by atoms with Gasteiger partial charge in [-0.05, 0) is 48.9 Å². The van der Waals surface area contributed by atoms with Crippen LogP contribution in [0.15, 0.2) is 12.1 Å². The molecule has 3 N–H and O–H groups in total. The van der Waals surface area contributed by atoms with Crippen LogP contribution in [-0.4, -0.2) is 24.9 Å². The predicted octanol–water partition coefficient (Wildman–Crippen LogP) is 2.48. The van der Waals surface area contributed by atoms with Crippen LogP contribution in [-0.2, 0) is 26.0 Å². The van der Waals surface area contributed by atoms with E-state index in [-0.39, 0.29) is 12.4 Å². The first kappa shape index (κ1) is 15.9. The number of aliphatic hydroxyl groups is 3. The summed E-state index contributed by atoms with van der Waals surface area (Å²) in [6.45, 7) is 2.09. The fourth-order valence-electron chi connectivity index (χ4n) is 4.65. The van der Waals surface area contributed by atoms with Crippen molar-refractivity contribution in [1.82, 2.24) is 9.55 Å². The van der Waals surface area contributed by atoms with Crippen molar-refractivity contribution in [2.45, 2.75) is 45.6 Å². The Kier molecular flexibility index (Phi) is 3.28. The molecule has 3 aromatic rings. The summed E-state index contributed by atoms with van der Waals surface area (Å²) in [5.74, 6) is -0.233. The Bertz CT molecular complexity index is 1090. The van der Waals surface area contributed by atoms with E-state index in [1.807, 2.05) is 11.5 Å². The Balaban J connectivity index is 1.84. The molecule has 2 aromatic heterocycles. The first-order chi connectivity index (χ1) is 12.5. The molecule has 1 aliphatic carbocycles. The summed E-state index contributed by atoms with van der Waals surface area (Å²) in [7, 11) is 0. The summed E-state index contributed by atoms with van der Waals surface area (Å²) < 4.78 is 16.3. The smallest absolute Gasteiger partial charge is 0.180 e. The van der Waals surface area contributed by atoms with Gasteiger partial charge in [0.2, 0.25) is 0 Å². The normalized spacial score (nSPS) is 15.0. The van der Waals surface area contributed by atoms with Gasteiger partial charge in [0.1, 0.15) is 5.82 Å². The molecule has 0 bridgehead atoms. The van der Waals surface area contributed by atoms with Crippen LogP contribution in [0.2, 0.25) is 0 Å². The molecule has 0 fully saturated rings. The van der Waals surface area contributed by atoms with Crippen molar-refractivity contribution in [2.24, 2.45) is 0 Å². The van der Waals surface area contributed by atoms with Crippen LogP contribution in [0.5, 0.6) is 0 Å². The topological polar surface area (TPSA) is 78.5 Å². The summed E-state index contributed by atoms with van der Waals surface area (Å²) in [5.41, 5.74) is 7.02. The average molecular weight is 354 g/mol. The molecule has 5 rings (SSSR count). The molecule has 0 atom stereocenters. The molecule has 26 heavy (non-hydrogen) atoms. The van der Waals surface area contributed by atoms with Gasteiger partial charge in [-0.1, -0.05) is 0 Å². The van der Waals surface area contributed by atoms with Crippen molar-refractivity contribution in [2.75, 3.05) is 0 Å². The lowest BCUT2D eigenvalue weighted by molar-refractivity contribution is -0.0438. The molecular formula is C20H19FN2O3. The minimum Gasteiger partial charge on any atom is -0.390 e. The second-order valence-corrected chi connectivity index (χ2v) is 7.18. The maximum absolute atomic E-state index is 14.4. The van der Waals surface area contributed by atoms with Crippen LogP contribution < -0.4 is 0 Å². The van der Waals surface area contributed by atoms with Gasteiger partial charge in [0.25, 0.3) is 0 Å². The van der Waals surface area contributed by atoms with Gasteiger partial charge in [0, 0.05) is 22.6 Å². The van der Waals surface area contributed by atoms with Gasteiger partial charge in [-0.2, -0.15) is 0 Å². The van der Waals surface area contributed by atoms with Crippen molar-refractivity contribution in [3.05, 3.63) is 51.5 Å². The molecule has 0 saturated heterocycles. The van der Waals surface area contributed by atoms with Crippen LogP contribution in [0.3, 0.4) is 0 Å². The van der Waals surface area contributed by atoms with Crippen molar-refractivity contribution in [3.63, 3.8) is 0 Å². The number of halogens is 1. The number of nitrogens with zero attached hydrogens (tertiary/aromatic N) is 2. The van der Waals surface area contributed by atoms with E-state index in [1.54, 1.807) is 6.07 Å². The molecule has 1 aliphatic heterocycles. The molecule has 0 saturated carbocycles. The summed E-state index contributed by atoms with van der Waals surface area (Å²) in [6.07, 6.45) is 1.12. The van der Waals surface area contributed by atoms with Crippen LogP contribution in [0.4, 0.5) is 4.39 Å². The lowest BCUT2D eigenvalue weighted by atomic mass is 9.85. The largest absolute Gasteiger partial charge is 0.390 e. The summed E-state index contributed by atoms with van der Waals surface area (Å²) in [4.78, 5) is 4.74. The number of aromatic nitrogens is 2. The summed E-state index contributed by atoms with van der Waals surface area (Å²) in [6, 6.07) is 3.17. The lowest BCUT2D eigenvalue weighted by Crippen LogP contribution is -2.10. The van der Waals surface area contributed by atoms with Crippen LogP contribution in [0.25, 0.3) is 22.3 Å². The highest BCUT2D eigenvalue weighted by Gasteiger charge is 2.31. The minimum atomic E-state index is -1.65. The monoisotopic (exact) mass is 354 g/mol. The van der Waals surface area contributed by atoms with Crippen LogP contribution in [0.1, 0.15) is 46.2 Å². The van der Waals surface area contributed by atoms with Crippen LogP contribution >= 0.6 is 0 Å². The zero-order chi connectivity index (χ0) is 18.2. The van der Waals surface area contributed by atoms with E-state index < -0.39 is 6.29 Å². The molecule has 0 unspecified atom stereocenters. The number of aryl methyl sites for hydroxylation is 2. The Morgan fingerprint density at radius 1 is 1.19 bits per heavy atom. The molecule has 6 heteroatoms. The number of hydrogen-bond donors (Lipinski definition) is 3. The van der Waals surface area contributed by atoms with E-state index in [2.05, 4.69) is 0 Å². The maximum atomic E-state index is 14.4. The molecule has 0 spiro atoms. The maximum Gasteiger partial charge on any atom is 0.180 e. The number of rotatable bonds is 2. The van der Waals surface area contributed by atoms with Crippen molar-refractivity contribution >= 4 is 10.9 Å². The molecule has 2 aliphatic rings. The first-order valence-corrected chi connectivity index (χ1v) is 8.84. The Labute approximate surface area is 149 Å². The van der Waals surface area contributed by atoms with E-state index in [0.717, 1.165) is 47.2 Å². The molecule has 1 aromatic carbocycles. The predicted molar refractivity (Wildman–Crippen MR) is 94.1 cm³/mol. The molecular weight excluding hydrogens is 335 g/mol. The number of pyridine rings is 1. The second kappa shape index (κ2) is 5.36. The molecule has 3 heterocycles. The third-order valence-corrected chi connectivity index (χ3v) is 5.90. The van der Waals surface area contributed by atoms with Gasteiger partial charge in [0.05, 0.1) is 35.8 Å². The van der Waals surface area contributed by atoms with E-state index in [1.165, 1.54) is 11.6 Å². The molecule has 0 radical (unpaired) electrons. The van der Waals surface area contributed by atoms with Crippen molar-refractivity contribution in [3.8, 4) is 11.4 Å². The summed E-state index contributed by atoms with van der Waals surface area (Å²) >= 11 is 0. The third-order valence-electron chi connectivity index (χ3n) is 5.90. The van der Waals surface area contributed by atoms with Gasteiger partial charge in [-0.3, -0.25) is 0 Å². The standard InChI is InChI=1S/C20H19FN2O3/c1-9-10-3-2-4-11-13-7-23-16(5-12(20(25)26)17(23)8-24)19(13)22-15(18(10)11)6-14(9)21/h5-6,20,24-26H,2-4,7-8H2,1H3. The highest BCUT2D eigenvalue weighted by molar-refractivity contribution is 5.92. The van der Waals surface area contributed by atoms with E-state index in [4.69, 9.17) is 4.98 Å². The van der Waals surface area contributed by atoms with Gasteiger partial charge in [-0.15, -0.1) is 0 Å². The minimum absolute atomic E-state index is 0.233. The van der Waals surface area contributed by atoms with E-state index in [9.17, 15) is 19.7 Å². The Morgan fingerprint density at radius 2 is 1.96 bits per heavy atom. The van der Waals surface area contributed by atoms with Crippen molar-refractivity contribution < 1.29 is 19.7 Å². The highest BCUT2D eigenvalue weighted by Crippen LogP contribution is 2.43. The zero-order valence-electron chi connectivity index (χ0n) is 14.4. The quantitative estimate of drug-likeness (QED) is 0.483. The Morgan fingerprint density at radius 3 is 2.69 bits per heavy atom. The molecule has 0 amide bonds. The molecule has 134 valence electrons. The third kappa shape index (κ3) is 1.92. The SMILES string of the molecule is Cc1c(F)cc2nc3c(c4c2c1CCC4)Cn1c-3cc(C(O)O)c1CO. The Hall–Kier alpha value is -2.28. The fraction of sp³-hybridized carbons (Fsp3) is 0.350.